The van der Waals surface area contributed by atoms with Crippen molar-refractivity contribution in [3.8, 4) is 0 Å². The average molecular weight is 297 g/mol. The zero-order valence-corrected chi connectivity index (χ0v) is 15.5. The van der Waals surface area contributed by atoms with Crippen LogP contribution in [0.4, 0.5) is 0 Å². The Hall–Kier alpha value is -0.0800. The molecule has 0 saturated heterocycles. The van der Waals surface area contributed by atoms with Gasteiger partial charge in [0, 0.05) is 12.1 Å². The molecule has 1 saturated carbocycles. The quantitative estimate of drug-likeness (QED) is 0.691. The predicted molar refractivity (Wildman–Crippen MR) is 94.5 cm³/mol. The summed E-state index contributed by atoms with van der Waals surface area (Å²) in [6.07, 6.45) is 8.02. The van der Waals surface area contributed by atoms with Crippen molar-refractivity contribution >= 4 is 0 Å². The lowest BCUT2D eigenvalue weighted by molar-refractivity contribution is 0.0271. The third kappa shape index (κ3) is 5.56. The van der Waals surface area contributed by atoms with Crippen molar-refractivity contribution in [1.82, 2.24) is 4.90 Å². The van der Waals surface area contributed by atoms with Gasteiger partial charge in [0.25, 0.3) is 0 Å². The van der Waals surface area contributed by atoms with E-state index in [1.807, 2.05) is 0 Å². The van der Waals surface area contributed by atoms with Gasteiger partial charge in [-0.15, -0.1) is 0 Å². The molecule has 3 atom stereocenters. The normalized spacial score (nSPS) is 27.6. The van der Waals surface area contributed by atoms with E-state index in [9.17, 15) is 0 Å². The maximum absolute atomic E-state index is 6.11. The van der Waals surface area contributed by atoms with Crippen LogP contribution in [0.1, 0.15) is 80.1 Å². The Kier molecular flexibility index (Phi) is 7.70. The number of rotatable bonds is 7. The van der Waals surface area contributed by atoms with Crippen molar-refractivity contribution < 1.29 is 0 Å². The minimum atomic E-state index is 0.434. The lowest BCUT2D eigenvalue weighted by atomic mass is 9.67. The number of hydrogen-bond donors (Lipinski definition) is 1. The van der Waals surface area contributed by atoms with E-state index in [4.69, 9.17) is 5.73 Å². The molecule has 0 aromatic carbocycles. The van der Waals surface area contributed by atoms with Gasteiger partial charge in [-0.2, -0.15) is 0 Å². The summed E-state index contributed by atoms with van der Waals surface area (Å²) in [4.78, 5) is 2.77. The molecule has 3 unspecified atom stereocenters. The monoisotopic (exact) mass is 296 g/mol. The van der Waals surface area contributed by atoms with Crippen molar-refractivity contribution in [2.45, 2.75) is 92.2 Å². The topological polar surface area (TPSA) is 29.3 Å². The first-order valence-corrected chi connectivity index (χ1v) is 9.27. The Morgan fingerprint density at radius 2 is 1.81 bits per heavy atom. The Labute approximate surface area is 133 Å². The average Bonchev–Trinajstić information content (AvgIpc) is 2.41. The van der Waals surface area contributed by atoms with Gasteiger partial charge in [-0.3, -0.25) is 4.90 Å². The van der Waals surface area contributed by atoms with E-state index in [0.29, 0.717) is 23.4 Å². The number of nitrogens with two attached hydrogens (primary N) is 1. The zero-order valence-electron chi connectivity index (χ0n) is 15.5. The lowest BCUT2D eigenvalue weighted by Crippen LogP contribution is -2.51. The van der Waals surface area contributed by atoms with E-state index < -0.39 is 0 Å². The fourth-order valence-electron chi connectivity index (χ4n) is 4.03. The molecule has 0 heterocycles. The van der Waals surface area contributed by atoms with Crippen LogP contribution in [0, 0.1) is 17.3 Å². The molecule has 1 aliphatic carbocycles. The Morgan fingerprint density at radius 3 is 2.29 bits per heavy atom. The van der Waals surface area contributed by atoms with Crippen LogP contribution in [-0.4, -0.2) is 30.1 Å². The fraction of sp³-hybridized carbons (Fsp3) is 1.00. The minimum absolute atomic E-state index is 0.434. The van der Waals surface area contributed by atoms with E-state index in [2.05, 4.69) is 46.4 Å². The van der Waals surface area contributed by atoms with Crippen LogP contribution in [0.2, 0.25) is 0 Å². The summed E-state index contributed by atoms with van der Waals surface area (Å²) in [5.41, 5.74) is 6.55. The Balaban J connectivity index is 2.78. The number of nitrogens with zero attached hydrogens (tertiary/aromatic N) is 1. The van der Waals surface area contributed by atoms with Crippen LogP contribution in [-0.2, 0) is 0 Å². The molecule has 2 nitrogen and oxygen atoms in total. The lowest BCUT2D eigenvalue weighted by Gasteiger charge is -2.47. The summed E-state index contributed by atoms with van der Waals surface area (Å²) in [7, 11) is 0. The summed E-state index contributed by atoms with van der Waals surface area (Å²) >= 11 is 0. The molecule has 1 rings (SSSR count). The molecule has 0 spiro atoms. The van der Waals surface area contributed by atoms with Gasteiger partial charge in [0.1, 0.15) is 0 Å². The standard InChI is InChI=1S/C19H40N2/c1-7-8-9-12-21(15(2)3)18-13-17(19(4,5)6)11-10-16(18)14-20/h15-18H,7-14,20H2,1-6H3. The minimum Gasteiger partial charge on any atom is -0.330 e. The first-order chi connectivity index (χ1) is 9.81. The Bertz CT molecular complexity index is 280. The molecule has 0 aliphatic heterocycles. The molecule has 2 N–H and O–H groups in total. The molecule has 0 aromatic rings. The van der Waals surface area contributed by atoms with Crippen molar-refractivity contribution in [3.63, 3.8) is 0 Å². The SMILES string of the molecule is CCCCCN(C(C)C)C1CC(C(C)(C)C)CCC1CN. The second-order valence-corrected chi connectivity index (χ2v) is 8.48. The molecule has 1 fully saturated rings. The van der Waals surface area contributed by atoms with Crippen LogP contribution < -0.4 is 5.73 Å². The molecule has 1 aliphatic rings. The predicted octanol–water partition coefficient (Wildman–Crippen LogP) is 4.68. The first kappa shape index (κ1) is 19.0. The Morgan fingerprint density at radius 1 is 1.14 bits per heavy atom. The second-order valence-electron chi connectivity index (χ2n) is 8.48. The van der Waals surface area contributed by atoms with Gasteiger partial charge in [-0.05, 0) is 69.9 Å². The molecule has 0 aromatic heterocycles. The van der Waals surface area contributed by atoms with Gasteiger partial charge in [-0.25, -0.2) is 0 Å². The molecule has 21 heavy (non-hydrogen) atoms. The fourth-order valence-corrected chi connectivity index (χ4v) is 4.03. The summed E-state index contributed by atoms with van der Waals surface area (Å²) in [6, 6.07) is 1.34. The molecule has 0 radical (unpaired) electrons. The summed E-state index contributed by atoms with van der Waals surface area (Å²) in [5.74, 6) is 1.55. The van der Waals surface area contributed by atoms with Crippen LogP contribution in [0.25, 0.3) is 0 Å². The molecular weight excluding hydrogens is 256 g/mol. The van der Waals surface area contributed by atoms with Crippen LogP contribution in [0.3, 0.4) is 0 Å². The summed E-state index contributed by atoms with van der Waals surface area (Å²) in [6.45, 7) is 16.4. The van der Waals surface area contributed by atoms with E-state index in [-0.39, 0.29) is 0 Å². The highest BCUT2D eigenvalue weighted by atomic mass is 15.2. The van der Waals surface area contributed by atoms with Gasteiger partial charge >= 0.3 is 0 Å². The highest BCUT2D eigenvalue weighted by molar-refractivity contribution is 4.92. The van der Waals surface area contributed by atoms with Gasteiger partial charge in [0.2, 0.25) is 0 Å². The summed E-state index contributed by atoms with van der Waals surface area (Å²) in [5, 5.41) is 0. The molecule has 2 heteroatoms. The first-order valence-electron chi connectivity index (χ1n) is 9.27. The van der Waals surface area contributed by atoms with Crippen LogP contribution >= 0.6 is 0 Å². The van der Waals surface area contributed by atoms with Gasteiger partial charge in [-0.1, -0.05) is 40.5 Å². The van der Waals surface area contributed by atoms with E-state index in [1.165, 1.54) is 45.1 Å². The highest BCUT2D eigenvalue weighted by Crippen LogP contribution is 2.41. The third-order valence-electron chi connectivity index (χ3n) is 5.59. The summed E-state index contributed by atoms with van der Waals surface area (Å²) < 4.78 is 0. The second kappa shape index (κ2) is 8.53. The highest BCUT2D eigenvalue weighted by Gasteiger charge is 2.38. The van der Waals surface area contributed by atoms with E-state index in [0.717, 1.165) is 12.5 Å². The molecular formula is C19H40N2. The van der Waals surface area contributed by atoms with Gasteiger partial charge < -0.3 is 5.73 Å². The van der Waals surface area contributed by atoms with Crippen LogP contribution in [0.15, 0.2) is 0 Å². The van der Waals surface area contributed by atoms with Crippen molar-refractivity contribution in [2.75, 3.05) is 13.1 Å². The number of unbranched alkanes of at least 4 members (excludes halogenated alkanes) is 2. The van der Waals surface area contributed by atoms with Crippen molar-refractivity contribution in [1.29, 1.82) is 0 Å². The maximum Gasteiger partial charge on any atom is 0.0141 e. The molecule has 126 valence electrons. The molecule has 0 amide bonds. The third-order valence-corrected chi connectivity index (χ3v) is 5.59. The smallest absolute Gasteiger partial charge is 0.0141 e. The zero-order chi connectivity index (χ0) is 16.0. The van der Waals surface area contributed by atoms with Crippen molar-refractivity contribution in [3.05, 3.63) is 0 Å². The van der Waals surface area contributed by atoms with Gasteiger partial charge in [0.15, 0.2) is 0 Å². The van der Waals surface area contributed by atoms with E-state index >= 15 is 0 Å². The largest absolute Gasteiger partial charge is 0.330 e. The molecule has 0 bridgehead atoms. The van der Waals surface area contributed by atoms with Crippen molar-refractivity contribution in [2.24, 2.45) is 23.0 Å². The van der Waals surface area contributed by atoms with Crippen LogP contribution in [0.5, 0.6) is 0 Å². The number of hydrogen-bond acceptors (Lipinski definition) is 2. The van der Waals surface area contributed by atoms with Gasteiger partial charge in [0.05, 0.1) is 0 Å². The maximum atomic E-state index is 6.11. The van der Waals surface area contributed by atoms with E-state index in [1.54, 1.807) is 0 Å².